The SMILES string of the molecule is CCOc1ccccc1CC(=O)N(c1ccccc1)c1nc2c(s1)CCCC2. The molecule has 4 nitrogen and oxygen atoms in total. The molecule has 28 heavy (non-hydrogen) atoms. The first kappa shape index (κ1) is 18.7. The molecule has 1 aliphatic rings. The molecule has 5 heteroatoms. The van der Waals surface area contributed by atoms with Crippen LogP contribution in [0.2, 0.25) is 0 Å². The zero-order chi connectivity index (χ0) is 19.3. The summed E-state index contributed by atoms with van der Waals surface area (Å²) in [6.45, 7) is 2.53. The van der Waals surface area contributed by atoms with Gasteiger partial charge in [-0.1, -0.05) is 36.4 Å². The lowest BCUT2D eigenvalue weighted by Crippen LogP contribution is -2.27. The molecule has 0 aliphatic heterocycles. The summed E-state index contributed by atoms with van der Waals surface area (Å²) in [5.74, 6) is 0.772. The Morgan fingerprint density at radius 1 is 1.07 bits per heavy atom. The number of benzene rings is 2. The van der Waals surface area contributed by atoms with Crippen molar-refractivity contribution in [1.82, 2.24) is 4.98 Å². The van der Waals surface area contributed by atoms with Gasteiger partial charge in [0.1, 0.15) is 5.75 Å². The van der Waals surface area contributed by atoms with Gasteiger partial charge in [-0.3, -0.25) is 9.69 Å². The Hall–Kier alpha value is -2.66. The third-order valence-corrected chi connectivity index (χ3v) is 6.05. The first-order chi connectivity index (χ1) is 13.8. The quantitative estimate of drug-likeness (QED) is 0.569. The summed E-state index contributed by atoms with van der Waals surface area (Å²) in [6, 6.07) is 17.6. The van der Waals surface area contributed by atoms with Gasteiger partial charge in [0.05, 0.1) is 24.4 Å². The fraction of sp³-hybridized carbons (Fsp3) is 0.304. The van der Waals surface area contributed by atoms with Crippen molar-refractivity contribution < 1.29 is 9.53 Å². The number of thiazole rings is 1. The predicted molar refractivity (Wildman–Crippen MR) is 114 cm³/mol. The second kappa shape index (κ2) is 8.57. The van der Waals surface area contributed by atoms with E-state index in [4.69, 9.17) is 9.72 Å². The summed E-state index contributed by atoms with van der Waals surface area (Å²) in [5.41, 5.74) is 2.92. The van der Waals surface area contributed by atoms with Crippen molar-refractivity contribution in [3.05, 3.63) is 70.7 Å². The lowest BCUT2D eigenvalue weighted by Gasteiger charge is -2.21. The number of carbonyl (C=O) groups is 1. The van der Waals surface area contributed by atoms with Crippen LogP contribution < -0.4 is 9.64 Å². The maximum absolute atomic E-state index is 13.4. The van der Waals surface area contributed by atoms with Gasteiger partial charge in [-0.15, -0.1) is 11.3 Å². The maximum Gasteiger partial charge on any atom is 0.237 e. The van der Waals surface area contributed by atoms with Crippen LogP contribution in [0, 0.1) is 0 Å². The first-order valence-corrected chi connectivity index (χ1v) is 10.6. The molecule has 0 radical (unpaired) electrons. The van der Waals surface area contributed by atoms with Gasteiger partial charge in [-0.2, -0.15) is 0 Å². The van der Waals surface area contributed by atoms with Gasteiger partial charge >= 0.3 is 0 Å². The normalized spacial score (nSPS) is 13.0. The van der Waals surface area contributed by atoms with E-state index < -0.39 is 0 Å². The van der Waals surface area contributed by atoms with Gasteiger partial charge in [0.2, 0.25) is 5.91 Å². The second-order valence-corrected chi connectivity index (χ2v) is 7.92. The van der Waals surface area contributed by atoms with Crippen molar-refractivity contribution in [2.75, 3.05) is 11.5 Å². The molecular weight excluding hydrogens is 368 g/mol. The van der Waals surface area contributed by atoms with Crippen LogP contribution in [0.25, 0.3) is 0 Å². The van der Waals surface area contributed by atoms with E-state index in [9.17, 15) is 4.79 Å². The highest BCUT2D eigenvalue weighted by Gasteiger charge is 2.25. The van der Waals surface area contributed by atoms with E-state index in [1.165, 1.54) is 17.7 Å². The molecule has 0 saturated heterocycles. The number of rotatable bonds is 6. The molecule has 0 N–H and O–H groups in total. The number of hydrogen-bond acceptors (Lipinski definition) is 4. The minimum absolute atomic E-state index is 0.00412. The molecule has 144 valence electrons. The number of fused-ring (bicyclic) bond motifs is 1. The monoisotopic (exact) mass is 392 g/mol. The number of nitrogens with zero attached hydrogens (tertiary/aromatic N) is 2. The van der Waals surface area contributed by atoms with E-state index in [0.717, 1.165) is 40.7 Å². The average molecular weight is 393 g/mol. The number of hydrogen-bond donors (Lipinski definition) is 0. The first-order valence-electron chi connectivity index (χ1n) is 9.83. The van der Waals surface area contributed by atoms with E-state index in [2.05, 4.69) is 0 Å². The Kier molecular flexibility index (Phi) is 5.72. The van der Waals surface area contributed by atoms with Gasteiger partial charge in [0.15, 0.2) is 5.13 Å². The molecule has 1 aliphatic carbocycles. The zero-order valence-corrected chi connectivity index (χ0v) is 16.9. The summed E-state index contributed by atoms with van der Waals surface area (Å²) in [7, 11) is 0. The smallest absolute Gasteiger partial charge is 0.237 e. The van der Waals surface area contributed by atoms with Crippen molar-refractivity contribution in [2.24, 2.45) is 0 Å². The number of para-hydroxylation sites is 2. The van der Waals surface area contributed by atoms with E-state index in [1.807, 2.05) is 61.5 Å². The molecule has 3 aromatic rings. The Morgan fingerprint density at radius 3 is 2.61 bits per heavy atom. The molecule has 1 aromatic heterocycles. The maximum atomic E-state index is 13.4. The Balaban J connectivity index is 1.68. The van der Waals surface area contributed by atoms with Crippen LogP contribution in [0.1, 0.15) is 35.9 Å². The van der Waals surface area contributed by atoms with Crippen LogP contribution in [-0.4, -0.2) is 17.5 Å². The van der Waals surface area contributed by atoms with Gasteiger partial charge in [-0.25, -0.2) is 4.98 Å². The third kappa shape index (κ3) is 3.94. The van der Waals surface area contributed by atoms with Crippen molar-refractivity contribution in [3.8, 4) is 5.75 Å². The number of aryl methyl sites for hydroxylation is 2. The van der Waals surface area contributed by atoms with E-state index in [1.54, 1.807) is 16.2 Å². The molecule has 0 fully saturated rings. The van der Waals surface area contributed by atoms with Crippen molar-refractivity contribution in [1.29, 1.82) is 0 Å². The van der Waals surface area contributed by atoms with Gasteiger partial charge < -0.3 is 4.74 Å². The zero-order valence-electron chi connectivity index (χ0n) is 16.1. The van der Waals surface area contributed by atoms with E-state index >= 15 is 0 Å². The molecule has 2 aromatic carbocycles. The summed E-state index contributed by atoms with van der Waals surface area (Å²) in [4.78, 5) is 21.4. The van der Waals surface area contributed by atoms with E-state index in [0.29, 0.717) is 6.61 Å². The minimum atomic E-state index is 0.00412. The highest BCUT2D eigenvalue weighted by Crippen LogP contribution is 2.36. The van der Waals surface area contributed by atoms with Crippen LogP contribution in [0.15, 0.2) is 54.6 Å². The Bertz CT molecular complexity index is 929. The molecule has 4 rings (SSSR count). The molecule has 0 spiro atoms. The summed E-state index contributed by atoms with van der Waals surface area (Å²) < 4.78 is 5.71. The fourth-order valence-corrected chi connectivity index (χ4v) is 4.75. The minimum Gasteiger partial charge on any atom is -0.494 e. The third-order valence-electron chi connectivity index (χ3n) is 4.90. The van der Waals surface area contributed by atoms with Crippen LogP contribution in [0.3, 0.4) is 0 Å². The van der Waals surface area contributed by atoms with Crippen LogP contribution in [0.5, 0.6) is 5.75 Å². The molecular formula is C23H24N2O2S. The van der Waals surface area contributed by atoms with E-state index in [-0.39, 0.29) is 12.3 Å². The summed E-state index contributed by atoms with van der Waals surface area (Å²) in [6.07, 6.45) is 4.73. The molecule has 0 bridgehead atoms. The largest absolute Gasteiger partial charge is 0.494 e. The summed E-state index contributed by atoms with van der Waals surface area (Å²) in [5, 5.41) is 0.775. The number of carbonyl (C=O) groups excluding carboxylic acids is 1. The lowest BCUT2D eigenvalue weighted by atomic mass is 10.0. The van der Waals surface area contributed by atoms with Gasteiger partial charge in [0.25, 0.3) is 0 Å². The Morgan fingerprint density at radius 2 is 1.82 bits per heavy atom. The molecule has 0 unspecified atom stereocenters. The second-order valence-electron chi connectivity index (χ2n) is 6.86. The Labute approximate surface area is 169 Å². The standard InChI is InChI=1S/C23H24N2O2S/c1-2-27-20-14-8-6-10-17(20)16-22(26)25(18-11-4-3-5-12-18)23-24-19-13-7-9-15-21(19)28-23/h3-6,8,10-12,14H,2,7,9,13,15-16H2,1H3. The fourth-order valence-electron chi connectivity index (χ4n) is 3.56. The number of anilines is 2. The number of amides is 1. The summed E-state index contributed by atoms with van der Waals surface area (Å²) >= 11 is 1.65. The molecule has 1 heterocycles. The highest BCUT2D eigenvalue weighted by atomic mass is 32.1. The van der Waals surface area contributed by atoms with Crippen LogP contribution in [-0.2, 0) is 24.1 Å². The van der Waals surface area contributed by atoms with Crippen molar-refractivity contribution in [2.45, 2.75) is 39.0 Å². The average Bonchev–Trinajstić information content (AvgIpc) is 3.14. The predicted octanol–water partition coefficient (Wildman–Crippen LogP) is 5.33. The van der Waals surface area contributed by atoms with Gasteiger partial charge in [0, 0.05) is 10.4 Å². The van der Waals surface area contributed by atoms with Gasteiger partial charge in [-0.05, 0) is 50.8 Å². The molecule has 0 saturated carbocycles. The number of aromatic nitrogens is 1. The molecule has 1 amide bonds. The van der Waals surface area contributed by atoms with Crippen LogP contribution >= 0.6 is 11.3 Å². The highest BCUT2D eigenvalue weighted by molar-refractivity contribution is 7.16. The topological polar surface area (TPSA) is 42.4 Å². The van der Waals surface area contributed by atoms with Crippen molar-refractivity contribution in [3.63, 3.8) is 0 Å². The van der Waals surface area contributed by atoms with Crippen LogP contribution in [0.4, 0.5) is 10.8 Å². The molecule has 0 atom stereocenters. The lowest BCUT2D eigenvalue weighted by molar-refractivity contribution is -0.117. The van der Waals surface area contributed by atoms with Crippen molar-refractivity contribution >= 4 is 28.1 Å². The number of ether oxygens (including phenoxy) is 1.